The fourth-order valence-electron chi connectivity index (χ4n) is 2.65. The largest absolute Gasteiger partial charge is 0.312 e. The molecule has 1 aromatic carbocycles. The minimum Gasteiger partial charge on any atom is -0.312 e. The Balaban J connectivity index is 1.69. The number of anilines is 1. The Morgan fingerprint density at radius 2 is 1.96 bits per heavy atom. The summed E-state index contributed by atoms with van der Waals surface area (Å²) in [4.78, 5) is 34.3. The smallest absolute Gasteiger partial charge is 0.306 e. The van der Waals surface area contributed by atoms with E-state index in [9.17, 15) is 25.0 Å². The Morgan fingerprint density at radius 3 is 2.62 bits per heavy atom. The average molecular weight is 331 g/mol. The van der Waals surface area contributed by atoms with Gasteiger partial charge in [-0.1, -0.05) is 6.07 Å². The minimum atomic E-state index is -0.554. The molecule has 2 heterocycles. The number of nitrogens with zero attached hydrogens (tertiary/aromatic N) is 5. The molecule has 3 rings (SSSR count). The van der Waals surface area contributed by atoms with E-state index in [1.165, 1.54) is 27.9 Å². The lowest BCUT2D eigenvalue weighted by Crippen LogP contribution is -2.29. The Hall–Kier alpha value is -3.30. The molecule has 124 valence electrons. The summed E-state index contributed by atoms with van der Waals surface area (Å²) >= 11 is 0. The second-order valence-electron chi connectivity index (χ2n) is 5.33. The van der Waals surface area contributed by atoms with Gasteiger partial charge in [0.15, 0.2) is 0 Å². The van der Waals surface area contributed by atoms with Gasteiger partial charge >= 0.3 is 5.69 Å². The highest BCUT2D eigenvalue weighted by atomic mass is 16.6. The lowest BCUT2D eigenvalue weighted by Gasteiger charge is -2.17. The van der Waals surface area contributed by atoms with Crippen molar-refractivity contribution in [3.63, 3.8) is 0 Å². The predicted octanol–water partition coefficient (Wildman–Crippen LogP) is 1.68. The number of aromatic nitrogens is 2. The van der Waals surface area contributed by atoms with Crippen LogP contribution in [0.1, 0.15) is 12.0 Å². The maximum atomic E-state index is 12.4. The van der Waals surface area contributed by atoms with Gasteiger partial charge in [0.1, 0.15) is 12.4 Å². The van der Waals surface area contributed by atoms with E-state index in [1.807, 2.05) is 0 Å². The van der Waals surface area contributed by atoms with Crippen molar-refractivity contribution in [1.82, 2.24) is 9.78 Å². The van der Waals surface area contributed by atoms with Gasteiger partial charge in [0.2, 0.25) is 5.91 Å². The molecule has 2 aromatic rings. The quantitative estimate of drug-likeness (QED) is 0.606. The topological polar surface area (TPSA) is 124 Å². The van der Waals surface area contributed by atoms with Gasteiger partial charge in [-0.3, -0.25) is 29.7 Å². The number of amides is 1. The number of carbonyl (C=O) groups is 1. The van der Waals surface area contributed by atoms with Gasteiger partial charge in [0, 0.05) is 31.6 Å². The van der Waals surface area contributed by atoms with E-state index >= 15 is 0 Å². The minimum absolute atomic E-state index is 0.0591. The van der Waals surface area contributed by atoms with Crippen LogP contribution in [0.15, 0.2) is 30.6 Å². The molecule has 0 spiro atoms. The van der Waals surface area contributed by atoms with Crippen LogP contribution in [-0.2, 0) is 17.8 Å². The SMILES string of the molecule is O=C(CCn1cc([N+](=O)[O-])cn1)N1CCc2ccc([N+](=O)[O-])cc21. The number of carbonyl (C=O) groups excluding carboxylic acids is 1. The van der Waals surface area contributed by atoms with Crippen molar-refractivity contribution in [3.8, 4) is 0 Å². The number of non-ortho nitro benzene ring substituents is 1. The third-order valence-corrected chi connectivity index (χ3v) is 3.86. The van der Waals surface area contributed by atoms with Crippen LogP contribution < -0.4 is 4.90 Å². The number of aryl methyl sites for hydroxylation is 1. The Morgan fingerprint density at radius 1 is 1.21 bits per heavy atom. The summed E-state index contributed by atoms with van der Waals surface area (Å²) < 4.78 is 1.33. The number of hydrogen-bond acceptors (Lipinski definition) is 6. The van der Waals surface area contributed by atoms with Crippen LogP contribution in [0, 0.1) is 20.2 Å². The molecule has 1 aliphatic heterocycles. The van der Waals surface area contributed by atoms with Crippen molar-refractivity contribution in [3.05, 3.63) is 56.4 Å². The van der Waals surface area contributed by atoms with E-state index in [-0.39, 0.29) is 30.2 Å². The van der Waals surface area contributed by atoms with Crippen molar-refractivity contribution in [1.29, 1.82) is 0 Å². The van der Waals surface area contributed by atoms with E-state index in [0.29, 0.717) is 18.7 Å². The lowest BCUT2D eigenvalue weighted by atomic mass is 10.1. The lowest BCUT2D eigenvalue weighted by molar-refractivity contribution is -0.385. The van der Waals surface area contributed by atoms with Crippen molar-refractivity contribution >= 4 is 23.0 Å². The second-order valence-corrected chi connectivity index (χ2v) is 5.33. The van der Waals surface area contributed by atoms with Gasteiger partial charge in [-0.25, -0.2) is 0 Å². The third-order valence-electron chi connectivity index (χ3n) is 3.86. The molecule has 0 N–H and O–H groups in total. The van der Waals surface area contributed by atoms with Gasteiger partial charge in [0.05, 0.1) is 15.5 Å². The standard InChI is InChI=1S/C14H13N5O5/c20-14(4-5-16-9-12(8-15-16)19(23)24)17-6-3-10-1-2-11(18(21)22)7-13(10)17/h1-2,7-9H,3-6H2. The first-order valence-electron chi connectivity index (χ1n) is 7.20. The van der Waals surface area contributed by atoms with Crippen molar-refractivity contribution in [2.75, 3.05) is 11.4 Å². The number of rotatable bonds is 5. The van der Waals surface area contributed by atoms with Crippen LogP contribution in [0.2, 0.25) is 0 Å². The number of fused-ring (bicyclic) bond motifs is 1. The molecule has 10 nitrogen and oxygen atoms in total. The maximum absolute atomic E-state index is 12.4. The molecular weight excluding hydrogens is 318 g/mol. The summed E-state index contributed by atoms with van der Waals surface area (Å²) in [5.74, 6) is -0.201. The van der Waals surface area contributed by atoms with Gasteiger partial charge in [-0.05, 0) is 12.0 Å². The van der Waals surface area contributed by atoms with Gasteiger partial charge in [-0.15, -0.1) is 0 Å². The van der Waals surface area contributed by atoms with Gasteiger partial charge in [-0.2, -0.15) is 5.10 Å². The Labute approximate surface area is 135 Å². The maximum Gasteiger partial charge on any atom is 0.306 e. The average Bonchev–Trinajstić information content (AvgIpc) is 3.18. The summed E-state index contributed by atoms with van der Waals surface area (Å²) in [6, 6.07) is 4.49. The Bertz CT molecular complexity index is 831. The first-order valence-corrected chi connectivity index (χ1v) is 7.20. The van der Waals surface area contributed by atoms with Crippen LogP contribution >= 0.6 is 0 Å². The number of nitro benzene ring substituents is 1. The molecule has 0 unspecified atom stereocenters. The van der Waals surface area contributed by atoms with Gasteiger partial charge < -0.3 is 4.90 Å². The van der Waals surface area contributed by atoms with E-state index in [2.05, 4.69) is 5.10 Å². The highest BCUT2D eigenvalue weighted by Gasteiger charge is 2.26. The van der Waals surface area contributed by atoms with Crippen molar-refractivity contribution < 1.29 is 14.6 Å². The Kier molecular flexibility index (Phi) is 3.94. The predicted molar refractivity (Wildman–Crippen MR) is 82.7 cm³/mol. The van der Waals surface area contributed by atoms with E-state index in [4.69, 9.17) is 0 Å². The molecule has 0 bridgehead atoms. The molecule has 1 aromatic heterocycles. The molecule has 0 radical (unpaired) electrons. The fourth-order valence-corrected chi connectivity index (χ4v) is 2.65. The van der Waals surface area contributed by atoms with Crippen LogP contribution in [-0.4, -0.2) is 32.1 Å². The van der Waals surface area contributed by atoms with Crippen LogP contribution in [0.5, 0.6) is 0 Å². The van der Waals surface area contributed by atoms with Crippen molar-refractivity contribution in [2.45, 2.75) is 19.4 Å². The van der Waals surface area contributed by atoms with Crippen LogP contribution in [0.3, 0.4) is 0 Å². The molecule has 0 atom stereocenters. The highest BCUT2D eigenvalue weighted by Crippen LogP contribution is 2.32. The van der Waals surface area contributed by atoms with Crippen molar-refractivity contribution in [2.24, 2.45) is 0 Å². The molecular formula is C14H13N5O5. The second kappa shape index (κ2) is 6.07. The number of benzene rings is 1. The van der Waals surface area contributed by atoms with E-state index in [1.54, 1.807) is 6.07 Å². The van der Waals surface area contributed by atoms with Crippen LogP contribution in [0.4, 0.5) is 17.1 Å². The summed E-state index contributed by atoms with van der Waals surface area (Å²) in [6.07, 6.45) is 3.13. The van der Waals surface area contributed by atoms with Gasteiger partial charge in [0.25, 0.3) is 5.69 Å². The van der Waals surface area contributed by atoms with Crippen LogP contribution in [0.25, 0.3) is 0 Å². The molecule has 0 aliphatic carbocycles. The monoisotopic (exact) mass is 331 g/mol. The number of nitro groups is 2. The van der Waals surface area contributed by atoms with E-state index in [0.717, 1.165) is 11.8 Å². The molecule has 24 heavy (non-hydrogen) atoms. The molecule has 1 aliphatic rings. The van der Waals surface area contributed by atoms with E-state index < -0.39 is 9.85 Å². The summed E-state index contributed by atoms with van der Waals surface area (Å²) in [5.41, 5.74) is 1.25. The third kappa shape index (κ3) is 2.93. The summed E-state index contributed by atoms with van der Waals surface area (Å²) in [6.45, 7) is 0.669. The molecule has 0 saturated carbocycles. The molecule has 0 saturated heterocycles. The summed E-state index contributed by atoms with van der Waals surface area (Å²) in [7, 11) is 0. The first-order chi connectivity index (χ1) is 11.5. The fraction of sp³-hybridized carbons (Fsp3) is 0.286. The zero-order valence-corrected chi connectivity index (χ0v) is 12.5. The zero-order valence-electron chi connectivity index (χ0n) is 12.5. The molecule has 0 fully saturated rings. The normalized spacial score (nSPS) is 12.9. The summed E-state index contributed by atoms with van der Waals surface area (Å²) in [5, 5.41) is 25.3. The molecule has 1 amide bonds. The zero-order chi connectivity index (χ0) is 17.3. The first kappa shape index (κ1) is 15.6. The highest BCUT2D eigenvalue weighted by molar-refractivity contribution is 5.95. The number of hydrogen-bond donors (Lipinski definition) is 0. The molecule has 10 heteroatoms.